The van der Waals surface area contributed by atoms with Crippen LogP contribution in [0.25, 0.3) is 11.3 Å². The molecule has 0 saturated carbocycles. The van der Waals surface area contributed by atoms with E-state index in [1.807, 2.05) is 67.8 Å². The highest BCUT2D eigenvalue weighted by atomic mass is 32.1. The molecule has 0 fully saturated rings. The first kappa shape index (κ1) is 17.3. The number of benzene rings is 1. The first-order valence-corrected chi connectivity index (χ1v) is 8.87. The molecule has 6 nitrogen and oxygen atoms in total. The summed E-state index contributed by atoms with van der Waals surface area (Å²) in [5.74, 6) is -0.0713. The van der Waals surface area contributed by atoms with Gasteiger partial charge >= 0.3 is 0 Å². The van der Waals surface area contributed by atoms with E-state index in [0.29, 0.717) is 18.2 Å². The number of hydrogen-bond acceptors (Lipinski definition) is 5. The van der Waals surface area contributed by atoms with Gasteiger partial charge in [0.05, 0.1) is 17.9 Å². The molecule has 0 saturated heterocycles. The fourth-order valence-electron chi connectivity index (χ4n) is 2.63. The molecule has 2 heterocycles. The van der Waals surface area contributed by atoms with Crippen LogP contribution in [0.5, 0.6) is 0 Å². The van der Waals surface area contributed by atoms with Gasteiger partial charge in [0.15, 0.2) is 5.13 Å². The Morgan fingerprint density at radius 1 is 1.32 bits per heavy atom. The smallest absolute Gasteiger partial charge is 0.240 e. The molecule has 0 radical (unpaired) electrons. The maximum atomic E-state index is 12.2. The van der Waals surface area contributed by atoms with E-state index in [1.54, 1.807) is 4.68 Å². The number of nitrogens with zero attached hydrogens (tertiary/aromatic N) is 4. The molecule has 3 aromatic rings. The SMILES string of the molecule is Cc1nn(C)cc1CN(C)CC(=O)Nc1nc(-c2ccccc2)cs1. The van der Waals surface area contributed by atoms with Crippen molar-refractivity contribution in [2.24, 2.45) is 7.05 Å². The third kappa shape index (κ3) is 4.52. The van der Waals surface area contributed by atoms with E-state index in [0.717, 1.165) is 22.5 Å². The van der Waals surface area contributed by atoms with Gasteiger partial charge in [-0.25, -0.2) is 4.98 Å². The van der Waals surface area contributed by atoms with Gasteiger partial charge in [0.25, 0.3) is 0 Å². The summed E-state index contributed by atoms with van der Waals surface area (Å²) in [7, 11) is 3.82. The summed E-state index contributed by atoms with van der Waals surface area (Å²) in [6, 6.07) is 9.93. The van der Waals surface area contributed by atoms with Gasteiger partial charge in [0.2, 0.25) is 5.91 Å². The van der Waals surface area contributed by atoms with Gasteiger partial charge in [-0.1, -0.05) is 30.3 Å². The van der Waals surface area contributed by atoms with Crippen molar-refractivity contribution in [2.75, 3.05) is 18.9 Å². The van der Waals surface area contributed by atoms with Crippen LogP contribution in [0.2, 0.25) is 0 Å². The van der Waals surface area contributed by atoms with Crippen LogP contribution < -0.4 is 5.32 Å². The van der Waals surface area contributed by atoms with E-state index in [4.69, 9.17) is 0 Å². The van der Waals surface area contributed by atoms with Gasteiger partial charge in [0.1, 0.15) is 0 Å². The lowest BCUT2D eigenvalue weighted by atomic mass is 10.2. The normalized spacial score (nSPS) is 11.0. The Morgan fingerprint density at radius 2 is 2.08 bits per heavy atom. The molecule has 0 bridgehead atoms. The Kier molecular flexibility index (Phi) is 5.25. The summed E-state index contributed by atoms with van der Waals surface area (Å²) in [4.78, 5) is 18.7. The molecule has 0 aliphatic rings. The average molecular weight is 355 g/mol. The first-order chi connectivity index (χ1) is 12.0. The van der Waals surface area contributed by atoms with Crippen LogP contribution in [0.15, 0.2) is 41.9 Å². The maximum absolute atomic E-state index is 12.2. The first-order valence-electron chi connectivity index (χ1n) is 7.99. The molecular weight excluding hydrogens is 334 g/mol. The summed E-state index contributed by atoms with van der Waals surface area (Å²) >= 11 is 1.43. The van der Waals surface area contributed by atoms with E-state index < -0.39 is 0 Å². The van der Waals surface area contributed by atoms with Crippen molar-refractivity contribution in [1.29, 1.82) is 0 Å². The molecule has 7 heteroatoms. The molecule has 130 valence electrons. The highest BCUT2D eigenvalue weighted by Crippen LogP contribution is 2.24. The predicted molar refractivity (Wildman–Crippen MR) is 100 cm³/mol. The van der Waals surface area contributed by atoms with Crippen molar-refractivity contribution >= 4 is 22.4 Å². The molecule has 0 atom stereocenters. The molecule has 1 aromatic carbocycles. The number of hydrogen-bond donors (Lipinski definition) is 1. The number of carbonyl (C=O) groups is 1. The zero-order chi connectivity index (χ0) is 17.8. The lowest BCUT2D eigenvalue weighted by Gasteiger charge is -2.15. The zero-order valence-electron chi connectivity index (χ0n) is 14.6. The number of nitrogens with one attached hydrogen (secondary N) is 1. The van der Waals surface area contributed by atoms with Gasteiger partial charge in [0, 0.05) is 36.3 Å². The second kappa shape index (κ2) is 7.58. The molecule has 0 spiro atoms. The van der Waals surface area contributed by atoms with Gasteiger partial charge in [-0.05, 0) is 14.0 Å². The fourth-order valence-corrected chi connectivity index (χ4v) is 3.36. The Balaban J connectivity index is 1.56. The van der Waals surface area contributed by atoms with Crippen LogP contribution in [0.3, 0.4) is 0 Å². The van der Waals surface area contributed by atoms with E-state index in [1.165, 1.54) is 11.3 Å². The molecule has 1 N–H and O–H groups in total. The molecule has 0 unspecified atom stereocenters. The van der Waals surface area contributed by atoms with Crippen molar-refractivity contribution in [2.45, 2.75) is 13.5 Å². The second-order valence-electron chi connectivity index (χ2n) is 6.04. The summed E-state index contributed by atoms with van der Waals surface area (Å²) in [6.07, 6.45) is 1.98. The highest BCUT2D eigenvalue weighted by molar-refractivity contribution is 7.14. The van der Waals surface area contributed by atoms with Crippen LogP contribution in [0.4, 0.5) is 5.13 Å². The molecular formula is C18H21N5OS. The molecule has 2 aromatic heterocycles. The van der Waals surface area contributed by atoms with E-state index >= 15 is 0 Å². The molecule has 3 rings (SSSR count). The number of aryl methyl sites for hydroxylation is 2. The number of amides is 1. The number of thiazole rings is 1. The minimum Gasteiger partial charge on any atom is -0.301 e. The van der Waals surface area contributed by atoms with Crippen molar-refractivity contribution in [3.8, 4) is 11.3 Å². The van der Waals surface area contributed by atoms with Crippen molar-refractivity contribution in [1.82, 2.24) is 19.7 Å². The largest absolute Gasteiger partial charge is 0.301 e. The van der Waals surface area contributed by atoms with Crippen LogP contribution in [-0.4, -0.2) is 39.2 Å². The molecule has 0 aliphatic heterocycles. The third-order valence-corrected chi connectivity index (χ3v) is 4.55. The summed E-state index contributed by atoms with van der Waals surface area (Å²) in [5.41, 5.74) is 4.03. The highest BCUT2D eigenvalue weighted by Gasteiger charge is 2.12. The molecule has 1 amide bonds. The van der Waals surface area contributed by atoms with Crippen molar-refractivity contribution in [3.05, 3.63) is 53.2 Å². The summed E-state index contributed by atoms with van der Waals surface area (Å²) in [5, 5.41) is 9.77. The van der Waals surface area contributed by atoms with Gasteiger partial charge in [-0.2, -0.15) is 5.10 Å². The number of carbonyl (C=O) groups excluding carboxylic acids is 1. The number of aromatic nitrogens is 3. The van der Waals surface area contributed by atoms with Gasteiger partial charge < -0.3 is 5.32 Å². The second-order valence-corrected chi connectivity index (χ2v) is 6.90. The Bertz CT molecular complexity index is 855. The Hall–Kier alpha value is -2.51. The average Bonchev–Trinajstić information content (AvgIpc) is 3.14. The number of anilines is 1. The number of likely N-dealkylation sites (N-methyl/N-ethyl adjacent to an activating group) is 1. The van der Waals surface area contributed by atoms with Gasteiger partial charge in [-0.3, -0.25) is 14.4 Å². The topological polar surface area (TPSA) is 63.1 Å². The Morgan fingerprint density at radius 3 is 2.76 bits per heavy atom. The monoisotopic (exact) mass is 355 g/mol. The molecule has 0 aliphatic carbocycles. The minimum atomic E-state index is -0.0713. The quantitative estimate of drug-likeness (QED) is 0.738. The lowest BCUT2D eigenvalue weighted by molar-refractivity contribution is -0.117. The van der Waals surface area contributed by atoms with Crippen LogP contribution in [-0.2, 0) is 18.4 Å². The van der Waals surface area contributed by atoms with Gasteiger partial charge in [-0.15, -0.1) is 11.3 Å². The van der Waals surface area contributed by atoms with Crippen LogP contribution in [0, 0.1) is 6.92 Å². The van der Waals surface area contributed by atoms with Crippen LogP contribution >= 0.6 is 11.3 Å². The zero-order valence-corrected chi connectivity index (χ0v) is 15.4. The van der Waals surface area contributed by atoms with E-state index in [-0.39, 0.29) is 5.91 Å². The van der Waals surface area contributed by atoms with E-state index in [2.05, 4.69) is 15.4 Å². The van der Waals surface area contributed by atoms with Crippen molar-refractivity contribution in [3.63, 3.8) is 0 Å². The third-order valence-electron chi connectivity index (χ3n) is 3.79. The predicted octanol–water partition coefficient (Wildman–Crippen LogP) is 2.92. The number of rotatable bonds is 6. The lowest BCUT2D eigenvalue weighted by Crippen LogP contribution is -2.29. The molecule has 25 heavy (non-hydrogen) atoms. The van der Waals surface area contributed by atoms with E-state index in [9.17, 15) is 4.79 Å². The van der Waals surface area contributed by atoms with Crippen molar-refractivity contribution < 1.29 is 4.79 Å². The van der Waals surface area contributed by atoms with Crippen LogP contribution in [0.1, 0.15) is 11.3 Å². The Labute approximate surface area is 151 Å². The standard InChI is InChI=1S/C18H21N5OS/c1-13-15(10-23(3)21-13)9-22(2)11-17(24)20-18-19-16(12-25-18)14-7-5-4-6-8-14/h4-8,10,12H,9,11H2,1-3H3,(H,19,20,24). The summed E-state index contributed by atoms with van der Waals surface area (Å²) in [6.45, 7) is 2.96. The fraction of sp³-hybridized carbons (Fsp3) is 0.278. The summed E-state index contributed by atoms with van der Waals surface area (Å²) < 4.78 is 1.79. The minimum absolute atomic E-state index is 0.0713. The maximum Gasteiger partial charge on any atom is 0.240 e.